The van der Waals surface area contributed by atoms with Crippen molar-refractivity contribution in [3.63, 3.8) is 0 Å². The van der Waals surface area contributed by atoms with Crippen LogP contribution in [0.1, 0.15) is 30.3 Å². The predicted octanol–water partition coefficient (Wildman–Crippen LogP) is 2.46. The summed E-state index contributed by atoms with van der Waals surface area (Å²) in [7, 11) is 1.87. The van der Waals surface area contributed by atoms with Gasteiger partial charge in [-0.3, -0.25) is 4.90 Å². The molecule has 15 heavy (non-hydrogen) atoms. The van der Waals surface area contributed by atoms with E-state index < -0.39 is 11.9 Å². The van der Waals surface area contributed by atoms with Crippen molar-refractivity contribution in [1.29, 1.82) is 0 Å². The minimum Gasteiger partial charge on any atom is -0.359 e. The minimum atomic E-state index is -4.42. The van der Waals surface area contributed by atoms with E-state index in [1.807, 2.05) is 11.9 Å². The SMILES string of the molecule is CN1CCCC1c1cc(C(F)(F)F)no1. The van der Waals surface area contributed by atoms with Crippen LogP contribution in [-0.4, -0.2) is 23.6 Å². The second kappa shape index (κ2) is 3.52. The Kier molecular flexibility index (Phi) is 2.46. The highest BCUT2D eigenvalue weighted by Gasteiger charge is 2.37. The summed E-state index contributed by atoms with van der Waals surface area (Å²) < 4.78 is 41.5. The van der Waals surface area contributed by atoms with Crippen LogP contribution in [0.3, 0.4) is 0 Å². The summed E-state index contributed by atoms with van der Waals surface area (Å²) in [6.07, 6.45) is -2.62. The van der Waals surface area contributed by atoms with E-state index in [9.17, 15) is 13.2 Å². The summed E-state index contributed by atoms with van der Waals surface area (Å²) in [5.74, 6) is 0.308. The third kappa shape index (κ3) is 1.99. The number of hydrogen-bond acceptors (Lipinski definition) is 3. The molecule has 1 atom stereocenters. The monoisotopic (exact) mass is 220 g/mol. The van der Waals surface area contributed by atoms with Crippen molar-refractivity contribution in [2.45, 2.75) is 25.1 Å². The Labute approximate surface area is 84.8 Å². The number of nitrogens with zero attached hydrogens (tertiary/aromatic N) is 2. The molecular formula is C9H11F3N2O. The van der Waals surface area contributed by atoms with E-state index >= 15 is 0 Å². The molecule has 84 valence electrons. The minimum absolute atomic E-state index is 0.0615. The molecule has 1 aromatic heterocycles. The van der Waals surface area contributed by atoms with Gasteiger partial charge in [0.2, 0.25) is 0 Å². The molecule has 0 spiro atoms. The lowest BCUT2D eigenvalue weighted by molar-refractivity contribution is -0.142. The van der Waals surface area contributed by atoms with E-state index in [0.29, 0.717) is 5.76 Å². The highest BCUT2D eigenvalue weighted by Crippen LogP contribution is 2.34. The molecule has 1 saturated heterocycles. The number of likely N-dealkylation sites (tertiary alicyclic amines) is 1. The van der Waals surface area contributed by atoms with Crippen LogP contribution in [0.5, 0.6) is 0 Å². The zero-order valence-electron chi connectivity index (χ0n) is 8.21. The molecule has 1 fully saturated rings. The third-order valence-corrected chi connectivity index (χ3v) is 2.67. The van der Waals surface area contributed by atoms with E-state index in [4.69, 9.17) is 4.52 Å². The molecule has 0 aromatic carbocycles. The summed E-state index contributed by atoms with van der Waals surface area (Å²) >= 11 is 0. The van der Waals surface area contributed by atoms with E-state index in [1.54, 1.807) is 0 Å². The van der Waals surface area contributed by atoms with Crippen LogP contribution in [-0.2, 0) is 6.18 Å². The van der Waals surface area contributed by atoms with Gasteiger partial charge < -0.3 is 4.52 Å². The Morgan fingerprint density at radius 2 is 2.27 bits per heavy atom. The highest BCUT2D eigenvalue weighted by molar-refractivity contribution is 5.13. The average molecular weight is 220 g/mol. The number of hydrogen-bond donors (Lipinski definition) is 0. The number of aromatic nitrogens is 1. The third-order valence-electron chi connectivity index (χ3n) is 2.67. The van der Waals surface area contributed by atoms with Gasteiger partial charge in [-0.05, 0) is 26.4 Å². The smallest absolute Gasteiger partial charge is 0.359 e. The Hall–Kier alpha value is -1.04. The lowest BCUT2D eigenvalue weighted by atomic mass is 10.1. The Balaban J connectivity index is 2.20. The van der Waals surface area contributed by atoms with Gasteiger partial charge in [0, 0.05) is 6.07 Å². The molecule has 0 amide bonds. The van der Waals surface area contributed by atoms with Gasteiger partial charge in [0.15, 0.2) is 11.5 Å². The summed E-state index contributed by atoms with van der Waals surface area (Å²) in [5, 5.41) is 3.04. The molecule has 0 bridgehead atoms. The molecule has 1 aromatic rings. The molecule has 2 heterocycles. The second-order valence-corrected chi connectivity index (χ2v) is 3.75. The molecule has 1 aliphatic heterocycles. The first-order valence-electron chi connectivity index (χ1n) is 4.72. The van der Waals surface area contributed by atoms with Crippen LogP contribution in [0.4, 0.5) is 13.2 Å². The van der Waals surface area contributed by atoms with Crippen LogP contribution < -0.4 is 0 Å². The predicted molar refractivity (Wildman–Crippen MR) is 46.1 cm³/mol. The maximum Gasteiger partial charge on any atom is 0.436 e. The molecule has 0 aliphatic carbocycles. The summed E-state index contributed by atoms with van der Waals surface area (Å²) in [4.78, 5) is 1.97. The van der Waals surface area contributed by atoms with E-state index in [-0.39, 0.29) is 6.04 Å². The summed E-state index contributed by atoms with van der Waals surface area (Å²) in [5.41, 5.74) is -0.946. The lowest BCUT2D eigenvalue weighted by Gasteiger charge is -2.15. The normalized spacial score (nSPS) is 23.6. The first-order chi connectivity index (χ1) is 6.98. The van der Waals surface area contributed by atoms with E-state index in [1.165, 1.54) is 0 Å². The van der Waals surface area contributed by atoms with Crippen LogP contribution in [0, 0.1) is 0 Å². The molecule has 0 N–H and O–H groups in total. The average Bonchev–Trinajstić information content (AvgIpc) is 2.69. The highest BCUT2D eigenvalue weighted by atomic mass is 19.4. The van der Waals surface area contributed by atoms with E-state index in [2.05, 4.69) is 5.16 Å². The largest absolute Gasteiger partial charge is 0.436 e. The Morgan fingerprint density at radius 3 is 2.73 bits per heavy atom. The van der Waals surface area contributed by atoms with Gasteiger partial charge in [-0.1, -0.05) is 5.16 Å². The fourth-order valence-corrected chi connectivity index (χ4v) is 1.85. The van der Waals surface area contributed by atoms with Gasteiger partial charge in [-0.15, -0.1) is 0 Å². The van der Waals surface area contributed by atoms with Crippen LogP contribution in [0.2, 0.25) is 0 Å². The van der Waals surface area contributed by atoms with Crippen LogP contribution in [0.15, 0.2) is 10.6 Å². The number of halogens is 3. The zero-order valence-corrected chi connectivity index (χ0v) is 8.21. The first-order valence-corrected chi connectivity index (χ1v) is 4.72. The number of rotatable bonds is 1. The van der Waals surface area contributed by atoms with Crippen LogP contribution in [0.25, 0.3) is 0 Å². The summed E-state index contributed by atoms with van der Waals surface area (Å²) in [6.45, 7) is 0.882. The quantitative estimate of drug-likeness (QED) is 0.728. The van der Waals surface area contributed by atoms with Crippen molar-refractivity contribution < 1.29 is 17.7 Å². The Morgan fingerprint density at radius 1 is 1.53 bits per heavy atom. The molecule has 1 unspecified atom stereocenters. The zero-order chi connectivity index (χ0) is 11.1. The maximum absolute atomic E-state index is 12.2. The molecule has 2 rings (SSSR count). The van der Waals surface area contributed by atoms with Crippen molar-refractivity contribution in [1.82, 2.24) is 10.1 Å². The maximum atomic E-state index is 12.2. The fraction of sp³-hybridized carbons (Fsp3) is 0.667. The molecule has 0 saturated carbocycles. The van der Waals surface area contributed by atoms with Gasteiger partial charge in [-0.25, -0.2) is 0 Å². The van der Waals surface area contributed by atoms with Gasteiger partial charge >= 0.3 is 6.18 Å². The van der Waals surface area contributed by atoms with Crippen molar-refractivity contribution in [2.24, 2.45) is 0 Å². The second-order valence-electron chi connectivity index (χ2n) is 3.75. The first kappa shape index (κ1) is 10.5. The van der Waals surface area contributed by atoms with Crippen molar-refractivity contribution >= 4 is 0 Å². The Bertz CT molecular complexity index is 347. The van der Waals surface area contributed by atoms with Gasteiger partial charge in [-0.2, -0.15) is 13.2 Å². The van der Waals surface area contributed by atoms with Crippen molar-refractivity contribution in [3.05, 3.63) is 17.5 Å². The lowest BCUT2D eigenvalue weighted by Crippen LogP contribution is -2.16. The van der Waals surface area contributed by atoms with Gasteiger partial charge in [0.05, 0.1) is 6.04 Å². The van der Waals surface area contributed by atoms with Crippen molar-refractivity contribution in [3.8, 4) is 0 Å². The number of alkyl halides is 3. The van der Waals surface area contributed by atoms with Gasteiger partial charge in [0.1, 0.15) is 0 Å². The van der Waals surface area contributed by atoms with Crippen molar-refractivity contribution in [2.75, 3.05) is 13.6 Å². The van der Waals surface area contributed by atoms with Gasteiger partial charge in [0.25, 0.3) is 0 Å². The molecule has 3 nitrogen and oxygen atoms in total. The molecule has 1 aliphatic rings. The molecule has 0 radical (unpaired) electrons. The molecule has 6 heteroatoms. The standard InChI is InChI=1S/C9H11F3N2O/c1-14-4-2-3-6(14)7-5-8(13-15-7)9(10,11)12/h5-6H,2-4H2,1H3. The molecular weight excluding hydrogens is 209 g/mol. The van der Waals surface area contributed by atoms with Crippen LogP contribution >= 0.6 is 0 Å². The fourth-order valence-electron chi connectivity index (χ4n) is 1.85. The van der Waals surface area contributed by atoms with E-state index in [0.717, 1.165) is 25.5 Å². The topological polar surface area (TPSA) is 29.3 Å². The summed E-state index contributed by atoms with van der Waals surface area (Å²) in [6, 6.07) is 0.931.